The van der Waals surface area contributed by atoms with E-state index in [0.29, 0.717) is 53.3 Å². The van der Waals surface area contributed by atoms with E-state index in [1.165, 1.54) is 43.4 Å². The minimum atomic E-state index is -0.646. The second-order valence-electron chi connectivity index (χ2n) is 41.7. The molecule has 0 bridgehead atoms. The SMILES string of the molecule is BrCCBr.CC(C)(C)OC(=O)N1CCN(CCBr)CC1.CC(C)(C)OC(=O)N1CCNCC1.CC(C)(C)OC(=O)Nc1ccc(-c2ccccc2)cc1CC(=O)c1ccc2c(c1)C=CC2.CC(C)(C)OC(=O)Nc1ccc(-c2ccccc2)cc1CC(=O)c1ccc2c(ccn2CCN2CCN(C(=O)OC(C)(C)C)CC2)c1.Nc1ccc(-c2ccccc2)cc1CC(=O)c1ccc2c(ccn2CCN2CCCCC2)c1. The summed E-state index contributed by atoms with van der Waals surface area (Å²) in [6.45, 7) is 44.6. The van der Waals surface area contributed by atoms with Crippen LogP contribution in [0.4, 0.5) is 41.0 Å². The zero-order valence-electron chi connectivity index (χ0n) is 87.1. The summed E-state index contributed by atoms with van der Waals surface area (Å²) in [5.74, 6) is 0.0559. The summed E-state index contributed by atoms with van der Waals surface area (Å²) < 4.78 is 31.5. The van der Waals surface area contributed by atoms with Gasteiger partial charge in [0.2, 0.25) is 0 Å². The molecule has 5 amide bonds. The average Bonchev–Trinajstić information content (AvgIpc) is 1.74. The number of carbonyl (C=O) groups is 8. The fourth-order valence-electron chi connectivity index (χ4n) is 17.1. The molecule has 2 aromatic heterocycles. The van der Waals surface area contributed by atoms with Gasteiger partial charge < -0.3 is 63.5 Å². The Hall–Kier alpha value is -11.8. The van der Waals surface area contributed by atoms with Crippen LogP contribution in [0.2, 0.25) is 0 Å². The second-order valence-corrected chi connectivity index (χ2v) is 44.1. The number of anilines is 3. The van der Waals surface area contributed by atoms with Gasteiger partial charge in [-0.25, -0.2) is 24.0 Å². The van der Waals surface area contributed by atoms with Gasteiger partial charge in [0.15, 0.2) is 17.3 Å². The first-order valence-corrected chi connectivity index (χ1v) is 53.8. The molecule has 0 unspecified atom stereocenters. The van der Waals surface area contributed by atoms with Gasteiger partial charge in [-0.2, -0.15) is 0 Å². The monoisotopic (exact) mass is 2160 g/mol. The Kier molecular flexibility index (Phi) is 42.3. The Morgan fingerprint density at radius 3 is 1.10 bits per heavy atom. The van der Waals surface area contributed by atoms with Crippen LogP contribution in [0.5, 0.6) is 0 Å². The Morgan fingerprint density at radius 2 is 0.703 bits per heavy atom. The lowest BCUT2D eigenvalue weighted by molar-refractivity contribution is 0.0136. The van der Waals surface area contributed by atoms with Crippen LogP contribution >= 0.6 is 47.8 Å². The molecule has 4 aliphatic heterocycles. The van der Waals surface area contributed by atoms with E-state index < -0.39 is 34.6 Å². The molecule has 4 fully saturated rings. The highest BCUT2D eigenvalue weighted by molar-refractivity contribution is 9.12. The number of nitrogens with one attached hydrogen (secondary N) is 3. The summed E-state index contributed by atoms with van der Waals surface area (Å²) in [4.78, 5) is 113. The normalized spacial score (nSPS) is 14.6. The molecule has 11 aromatic rings. The molecule has 774 valence electrons. The second kappa shape index (κ2) is 54.1. The lowest BCUT2D eigenvalue weighted by Gasteiger charge is -2.35. The van der Waals surface area contributed by atoms with E-state index in [4.69, 9.17) is 29.4 Å². The first-order valence-electron chi connectivity index (χ1n) is 50.4. The smallest absolute Gasteiger partial charge is 0.412 e. The van der Waals surface area contributed by atoms with E-state index in [1.807, 2.05) is 292 Å². The third-order valence-electron chi connectivity index (χ3n) is 24.3. The van der Waals surface area contributed by atoms with Crippen LogP contribution in [0.15, 0.2) is 231 Å². The minimum Gasteiger partial charge on any atom is -0.444 e. The number of piperazine rings is 3. The number of nitrogen functional groups attached to an aromatic ring is 1. The van der Waals surface area contributed by atoms with Crippen LogP contribution < -0.4 is 21.7 Å². The number of benzene rings is 9. The summed E-state index contributed by atoms with van der Waals surface area (Å²) in [5, 5.41) is 14.0. The highest BCUT2D eigenvalue weighted by atomic mass is 79.9. The maximum atomic E-state index is 13.7. The third-order valence-corrected chi connectivity index (χ3v) is 26.6. The lowest BCUT2D eigenvalue weighted by atomic mass is 9.95. The maximum Gasteiger partial charge on any atom is 0.412 e. The quantitative estimate of drug-likeness (QED) is 0.0200. The summed E-state index contributed by atoms with van der Waals surface area (Å²) in [6, 6.07) is 69.4. The summed E-state index contributed by atoms with van der Waals surface area (Å²) in [7, 11) is 0. The molecule has 5 N–H and O–H groups in total. The van der Waals surface area contributed by atoms with E-state index >= 15 is 0 Å². The fourth-order valence-corrected chi connectivity index (χ4v) is 17.6. The molecule has 0 saturated carbocycles. The van der Waals surface area contributed by atoms with Gasteiger partial charge in [-0.1, -0.05) is 188 Å². The van der Waals surface area contributed by atoms with E-state index in [1.54, 1.807) is 14.7 Å². The number of allylic oxidation sites excluding steroid dienone is 1. The van der Waals surface area contributed by atoms with Crippen molar-refractivity contribution in [3.63, 3.8) is 0 Å². The molecule has 6 heterocycles. The number of alkyl halides is 3. The van der Waals surface area contributed by atoms with Crippen LogP contribution in [0.3, 0.4) is 0 Å². The largest absolute Gasteiger partial charge is 0.444 e. The molecule has 0 spiro atoms. The predicted molar refractivity (Wildman–Crippen MR) is 598 cm³/mol. The highest BCUT2D eigenvalue weighted by Gasteiger charge is 2.31. The van der Waals surface area contributed by atoms with Crippen LogP contribution in [0.25, 0.3) is 61.3 Å². The average molecular weight is 2170 g/mol. The number of carbonyl (C=O) groups excluding carboxylic acids is 8. The molecule has 145 heavy (non-hydrogen) atoms. The Balaban J connectivity index is 0.000000181. The van der Waals surface area contributed by atoms with Crippen molar-refractivity contribution in [1.82, 2.24) is 43.9 Å². The number of nitrogens with two attached hydrogens (primary N) is 1. The first kappa shape index (κ1) is 114. The first-order chi connectivity index (χ1) is 69.0. The third kappa shape index (κ3) is 37.3. The number of nitrogens with zero attached hydrogens (tertiary/aromatic N) is 8. The van der Waals surface area contributed by atoms with Gasteiger partial charge in [0.1, 0.15) is 28.0 Å². The Labute approximate surface area is 882 Å². The number of Topliss-reactive ketones (excluding diaryl/α,β-unsaturated/α-hetero) is 3. The number of hydrogen-bond acceptors (Lipinski definition) is 18. The van der Waals surface area contributed by atoms with Gasteiger partial charge in [-0.15, -0.1) is 0 Å². The molecule has 0 atom stereocenters. The Bertz CT molecular complexity index is 6140. The molecule has 5 aliphatic rings. The molecule has 0 radical (unpaired) electrons. The standard InChI is InChI=1S/C38H46N4O5.C29H31N3O.C28H27NO3.C11H21BrN2O2.C9H18N2O2.C2H4Br2/c1-37(2,3)46-35(44)39-32-14-12-28(27-10-8-7-9-11-27)24-31(32)26-34(43)30-13-15-33-29(25-30)16-17-41(33)21-18-40-19-22-42(23-20-40)36(45)47-38(4,5)6;30-27-11-9-23(22-7-3-1-4-8-22)19-26(27)21-29(33)25-10-12-28-24(20-25)13-16-32(28)18-17-31-14-5-2-6-15-31;1-28(2,3)32-27(31)29-25-15-14-22(19-8-5-4-6-9-19)17-24(25)18-26(30)23-13-12-20-10-7-11-21(20)16-23;1-11(2,3)16-10(15)14-8-6-13(5-4-12)7-9-14;1-9(2,3)13-8(12)11-6-4-10-5-7-11;3-1-2-4/h7-17,24-25H,18-23,26H2,1-6H3,(H,39,44);1,3-4,7-13,16,19-20H,2,5-6,14-15,17-18,21,30H2;4-9,11-17H,10,18H2,1-3H3,(H,29,31);4-9H2,1-3H3;10H,4-7H2,1-3H3;1-2H2. The van der Waals surface area contributed by atoms with Gasteiger partial charge in [-0.05, 0) is 288 Å². The van der Waals surface area contributed by atoms with Crippen molar-refractivity contribution in [2.75, 3.05) is 144 Å². The maximum absolute atomic E-state index is 13.7. The van der Waals surface area contributed by atoms with Crippen molar-refractivity contribution in [3.05, 3.63) is 275 Å². The molecule has 1 aliphatic carbocycles. The lowest BCUT2D eigenvalue weighted by Crippen LogP contribution is -2.50. The van der Waals surface area contributed by atoms with Gasteiger partial charge in [0.25, 0.3) is 0 Å². The summed E-state index contributed by atoms with van der Waals surface area (Å²) >= 11 is 9.82. The van der Waals surface area contributed by atoms with Gasteiger partial charge >= 0.3 is 30.5 Å². The number of ether oxygens (including phenoxy) is 5. The van der Waals surface area contributed by atoms with Crippen LogP contribution in [-0.4, -0.2) is 242 Å². The van der Waals surface area contributed by atoms with Crippen LogP contribution in [-0.2, 0) is 62.5 Å². The number of halogens is 3. The van der Waals surface area contributed by atoms with Crippen molar-refractivity contribution in [1.29, 1.82) is 0 Å². The zero-order chi connectivity index (χ0) is 105. The number of likely N-dealkylation sites (tertiary alicyclic amines) is 1. The fraction of sp³-hybridized carbons (Fsp3) is 0.419. The number of rotatable bonds is 23. The number of amides is 5. The molecular formula is C117H147Br3N12O13. The summed E-state index contributed by atoms with van der Waals surface area (Å²) in [6.07, 6.45) is 12.1. The summed E-state index contributed by atoms with van der Waals surface area (Å²) in [5.41, 5.74) is 20.6. The number of piperidine rings is 1. The minimum absolute atomic E-state index is 0.00514. The van der Waals surface area contributed by atoms with E-state index in [2.05, 4.69) is 136 Å². The molecule has 28 heteroatoms. The van der Waals surface area contributed by atoms with Gasteiger partial charge in [-0.3, -0.25) is 34.8 Å². The van der Waals surface area contributed by atoms with E-state index in [-0.39, 0.29) is 54.1 Å². The van der Waals surface area contributed by atoms with Crippen LogP contribution in [0.1, 0.15) is 182 Å². The van der Waals surface area contributed by atoms with Crippen molar-refractivity contribution in [2.45, 2.75) is 190 Å². The van der Waals surface area contributed by atoms with Crippen molar-refractivity contribution < 1.29 is 62.0 Å². The van der Waals surface area contributed by atoms with Gasteiger partial charge in [0, 0.05) is 214 Å². The Morgan fingerprint density at radius 1 is 0.345 bits per heavy atom. The highest BCUT2D eigenvalue weighted by Crippen LogP contribution is 2.34. The number of aromatic nitrogens is 2. The van der Waals surface area contributed by atoms with Gasteiger partial charge in [0.05, 0.1) is 0 Å². The zero-order valence-corrected chi connectivity index (χ0v) is 91.9. The number of ketones is 3. The molecular weight excluding hydrogens is 2020 g/mol. The van der Waals surface area contributed by atoms with E-state index in [9.17, 15) is 38.4 Å². The molecule has 16 rings (SSSR count). The molecule has 9 aromatic carbocycles. The topological polar surface area (TPSA) is 274 Å². The van der Waals surface area contributed by atoms with Crippen molar-refractivity contribution in [2.24, 2.45) is 0 Å². The molecule has 25 nitrogen and oxygen atoms in total. The van der Waals surface area contributed by atoms with E-state index in [0.717, 1.165) is 193 Å². The predicted octanol–water partition coefficient (Wildman–Crippen LogP) is 24.7. The molecule has 4 saturated heterocycles. The van der Waals surface area contributed by atoms with Crippen LogP contribution in [0, 0.1) is 0 Å². The number of fused-ring (bicyclic) bond motifs is 3. The van der Waals surface area contributed by atoms with Crippen molar-refractivity contribution in [3.8, 4) is 33.4 Å². The number of hydrogen-bond donors (Lipinski definition) is 4. The van der Waals surface area contributed by atoms with Crippen molar-refractivity contribution >= 4 is 141 Å².